The number of rotatable bonds is 6. The average molecular weight is 353 g/mol. The molecule has 0 amide bonds. The zero-order chi connectivity index (χ0) is 18.4. The molecule has 4 heteroatoms. The van der Waals surface area contributed by atoms with Crippen molar-refractivity contribution in [2.24, 2.45) is 5.92 Å². The van der Waals surface area contributed by atoms with E-state index in [1.54, 1.807) is 12.1 Å². The van der Waals surface area contributed by atoms with Crippen molar-refractivity contribution in [2.75, 3.05) is 19.6 Å². The number of aliphatic carboxylic acids is 1. The van der Waals surface area contributed by atoms with Crippen molar-refractivity contribution >= 4 is 11.5 Å². The van der Waals surface area contributed by atoms with Gasteiger partial charge in [-0.1, -0.05) is 48.5 Å². The van der Waals surface area contributed by atoms with E-state index in [1.165, 1.54) is 12.1 Å². The molecule has 1 N–H and O–H groups in total. The first-order valence-corrected chi connectivity index (χ1v) is 9.10. The topological polar surface area (TPSA) is 40.5 Å². The molecule has 136 valence electrons. The van der Waals surface area contributed by atoms with E-state index in [1.807, 2.05) is 18.2 Å². The molecule has 1 atom stereocenters. The fourth-order valence-electron chi connectivity index (χ4n) is 3.50. The molecule has 0 bridgehead atoms. The van der Waals surface area contributed by atoms with Crippen molar-refractivity contribution < 1.29 is 14.3 Å². The second-order valence-electron chi connectivity index (χ2n) is 6.76. The molecule has 0 spiro atoms. The molecular formula is C22H24FNO2. The highest BCUT2D eigenvalue weighted by molar-refractivity contribution is 5.79. The summed E-state index contributed by atoms with van der Waals surface area (Å²) in [6.45, 7) is 2.41. The van der Waals surface area contributed by atoms with E-state index in [0.717, 1.165) is 49.1 Å². The Hall–Kier alpha value is -2.46. The van der Waals surface area contributed by atoms with Gasteiger partial charge in [-0.05, 0) is 54.6 Å². The number of likely N-dealkylation sites (tertiary alicyclic amines) is 1. The first-order valence-electron chi connectivity index (χ1n) is 9.10. The number of carboxylic acids is 1. The zero-order valence-electron chi connectivity index (χ0n) is 14.8. The zero-order valence-corrected chi connectivity index (χ0v) is 14.8. The standard InChI is InChI=1S/C22H24FNO2/c23-20-12-10-18(11-13-20)21(17-6-2-1-3-7-17)9-5-15-24-14-4-8-19(16-24)22(25)26/h1-3,6-7,9-13,19H,4-5,8,14-16H2,(H,25,26). The van der Waals surface area contributed by atoms with E-state index in [9.17, 15) is 14.3 Å². The van der Waals surface area contributed by atoms with Gasteiger partial charge < -0.3 is 10.0 Å². The van der Waals surface area contributed by atoms with Gasteiger partial charge in [0.05, 0.1) is 5.92 Å². The van der Waals surface area contributed by atoms with Crippen LogP contribution in [0.4, 0.5) is 4.39 Å². The minimum Gasteiger partial charge on any atom is -0.481 e. The number of piperidine rings is 1. The molecule has 2 aromatic rings. The molecule has 1 saturated heterocycles. The predicted octanol–water partition coefficient (Wildman–Crippen LogP) is 4.44. The summed E-state index contributed by atoms with van der Waals surface area (Å²) in [6, 6.07) is 16.6. The van der Waals surface area contributed by atoms with Crippen molar-refractivity contribution in [2.45, 2.75) is 19.3 Å². The first-order chi connectivity index (χ1) is 12.6. The van der Waals surface area contributed by atoms with Crippen LogP contribution in [-0.2, 0) is 4.79 Å². The molecular weight excluding hydrogens is 329 g/mol. The maximum atomic E-state index is 13.3. The molecule has 3 nitrogen and oxygen atoms in total. The molecule has 26 heavy (non-hydrogen) atoms. The lowest BCUT2D eigenvalue weighted by Crippen LogP contribution is -2.39. The van der Waals surface area contributed by atoms with E-state index >= 15 is 0 Å². The molecule has 0 aromatic heterocycles. The number of carbonyl (C=O) groups is 1. The van der Waals surface area contributed by atoms with E-state index in [-0.39, 0.29) is 11.7 Å². The van der Waals surface area contributed by atoms with Crippen LogP contribution in [0, 0.1) is 11.7 Å². The third kappa shape index (κ3) is 4.79. The first kappa shape index (κ1) is 18.3. The van der Waals surface area contributed by atoms with Crippen molar-refractivity contribution in [1.29, 1.82) is 0 Å². The maximum Gasteiger partial charge on any atom is 0.307 e. The molecule has 0 radical (unpaired) electrons. The Balaban J connectivity index is 1.73. The van der Waals surface area contributed by atoms with Crippen LogP contribution in [0.1, 0.15) is 30.4 Å². The Kier molecular flexibility index (Phi) is 6.18. The summed E-state index contributed by atoms with van der Waals surface area (Å²) in [4.78, 5) is 13.4. The highest BCUT2D eigenvalue weighted by atomic mass is 19.1. The fourth-order valence-corrected chi connectivity index (χ4v) is 3.50. The average Bonchev–Trinajstić information content (AvgIpc) is 2.67. The summed E-state index contributed by atoms with van der Waals surface area (Å²) in [5, 5.41) is 9.22. The van der Waals surface area contributed by atoms with Crippen LogP contribution in [0.2, 0.25) is 0 Å². The summed E-state index contributed by atoms with van der Waals surface area (Å²) in [5.41, 5.74) is 3.17. The Morgan fingerprint density at radius 2 is 1.81 bits per heavy atom. The highest BCUT2D eigenvalue weighted by Crippen LogP contribution is 2.25. The van der Waals surface area contributed by atoms with Crippen molar-refractivity contribution in [3.8, 4) is 0 Å². The smallest absolute Gasteiger partial charge is 0.307 e. The Morgan fingerprint density at radius 3 is 2.50 bits per heavy atom. The third-order valence-corrected chi connectivity index (χ3v) is 4.89. The predicted molar refractivity (Wildman–Crippen MR) is 101 cm³/mol. The summed E-state index contributed by atoms with van der Waals surface area (Å²) in [7, 11) is 0. The van der Waals surface area contributed by atoms with Crippen LogP contribution in [0.3, 0.4) is 0 Å². The monoisotopic (exact) mass is 353 g/mol. The van der Waals surface area contributed by atoms with Crippen molar-refractivity contribution in [1.82, 2.24) is 4.90 Å². The number of nitrogens with zero attached hydrogens (tertiary/aromatic N) is 1. The number of halogens is 1. The number of hydrogen-bond acceptors (Lipinski definition) is 2. The van der Waals surface area contributed by atoms with Crippen LogP contribution >= 0.6 is 0 Å². The molecule has 0 aliphatic carbocycles. The lowest BCUT2D eigenvalue weighted by Gasteiger charge is -2.30. The molecule has 1 unspecified atom stereocenters. The number of hydrogen-bond donors (Lipinski definition) is 1. The van der Waals surface area contributed by atoms with Gasteiger partial charge in [0.15, 0.2) is 0 Å². The molecule has 1 fully saturated rings. The number of benzene rings is 2. The third-order valence-electron chi connectivity index (χ3n) is 4.89. The van der Waals surface area contributed by atoms with Crippen LogP contribution in [0.5, 0.6) is 0 Å². The van der Waals surface area contributed by atoms with Gasteiger partial charge in [0, 0.05) is 13.1 Å². The lowest BCUT2D eigenvalue weighted by atomic mass is 9.96. The second kappa shape index (κ2) is 8.77. The van der Waals surface area contributed by atoms with Crippen molar-refractivity contribution in [3.05, 3.63) is 77.6 Å². The second-order valence-corrected chi connectivity index (χ2v) is 6.76. The number of carboxylic acid groups (broad SMARTS) is 1. The minimum absolute atomic E-state index is 0.241. The van der Waals surface area contributed by atoms with Crippen LogP contribution in [0.15, 0.2) is 60.7 Å². The van der Waals surface area contributed by atoms with Gasteiger partial charge in [-0.25, -0.2) is 4.39 Å². The van der Waals surface area contributed by atoms with Gasteiger partial charge in [0.1, 0.15) is 5.82 Å². The van der Waals surface area contributed by atoms with Gasteiger partial charge in [-0.15, -0.1) is 0 Å². The summed E-state index contributed by atoms with van der Waals surface area (Å²) >= 11 is 0. The van der Waals surface area contributed by atoms with E-state index in [4.69, 9.17) is 0 Å². The van der Waals surface area contributed by atoms with Crippen LogP contribution in [-0.4, -0.2) is 35.6 Å². The molecule has 2 aromatic carbocycles. The van der Waals surface area contributed by atoms with Gasteiger partial charge in [0.25, 0.3) is 0 Å². The molecule has 1 aliphatic heterocycles. The molecule has 1 heterocycles. The van der Waals surface area contributed by atoms with Crippen LogP contribution in [0.25, 0.3) is 5.57 Å². The highest BCUT2D eigenvalue weighted by Gasteiger charge is 2.24. The maximum absolute atomic E-state index is 13.3. The molecule has 0 saturated carbocycles. The quantitative estimate of drug-likeness (QED) is 0.834. The van der Waals surface area contributed by atoms with Crippen LogP contribution < -0.4 is 0 Å². The summed E-state index contributed by atoms with van der Waals surface area (Å²) in [6.07, 6.45) is 4.71. The fraction of sp³-hybridized carbons (Fsp3) is 0.318. The Bertz CT molecular complexity index is 755. The van der Waals surface area contributed by atoms with E-state index in [0.29, 0.717) is 6.54 Å². The normalized spacial score (nSPS) is 18.7. The molecule has 3 rings (SSSR count). The van der Waals surface area contributed by atoms with E-state index < -0.39 is 5.97 Å². The van der Waals surface area contributed by atoms with Gasteiger partial charge in [0.2, 0.25) is 0 Å². The Morgan fingerprint density at radius 1 is 1.12 bits per heavy atom. The SMILES string of the molecule is O=C(O)C1CCCN(CCC=C(c2ccccc2)c2ccc(F)cc2)C1. The van der Waals surface area contributed by atoms with E-state index in [2.05, 4.69) is 23.1 Å². The lowest BCUT2D eigenvalue weighted by molar-refractivity contribution is -0.143. The summed E-state index contributed by atoms with van der Waals surface area (Å²) in [5.74, 6) is -1.19. The van der Waals surface area contributed by atoms with Gasteiger partial charge in [-0.3, -0.25) is 4.79 Å². The van der Waals surface area contributed by atoms with Crippen molar-refractivity contribution in [3.63, 3.8) is 0 Å². The summed E-state index contributed by atoms with van der Waals surface area (Å²) < 4.78 is 13.3. The largest absolute Gasteiger partial charge is 0.481 e. The Labute approximate surface area is 153 Å². The van der Waals surface area contributed by atoms with Gasteiger partial charge in [-0.2, -0.15) is 0 Å². The molecule has 1 aliphatic rings. The minimum atomic E-state index is -0.693. The van der Waals surface area contributed by atoms with Gasteiger partial charge >= 0.3 is 5.97 Å².